The summed E-state index contributed by atoms with van der Waals surface area (Å²) in [6, 6.07) is 16.8. The number of aliphatic hydroxyl groups excluding tert-OH is 1. The standard InChI is InChI=1S/C23H22N4O/c1-15-6-8-16(9-7-15)21-22-23(25-13-24-21)27(14-26-22)11-17-10-18(12-28)20-5-3-2-4-19(17)20/h2-9,13-14,17-18,28H,10-12H2,1H3/t17-,18+/m1/s1. The van der Waals surface area contributed by atoms with E-state index in [0.717, 1.165) is 35.4 Å². The van der Waals surface area contributed by atoms with Gasteiger partial charge in [0, 0.05) is 30.6 Å². The van der Waals surface area contributed by atoms with Crippen LogP contribution in [0.5, 0.6) is 0 Å². The Kier molecular flexibility index (Phi) is 4.17. The Morgan fingerprint density at radius 2 is 1.71 bits per heavy atom. The van der Waals surface area contributed by atoms with Gasteiger partial charge in [-0.25, -0.2) is 15.0 Å². The van der Waals surface area contributed by atoms with E-state index >= 15 is 0 Å². The zero-order valence-corrected chi connectivity index (χ0v) is 15.8. The highest BCUT2D eigenvalue weighted by molar-refractivity contribution is 5.87. The van der Waals surface area contributed by atoms with Crippen molar-refractivity contribution in [2.45, 2.75) is 31.7 Å². The first kappa shape index (κ1) is 17.1. The minimum absolute atomic E-state index is 0.192. The summed E-state index contributed by atoms with van der Waals surface area (Å²) in [6.45, 7) is 3.07. The molecule has 1 aliphatic carbocycles. The molecule has 5 rings (SSSR count). The van der Waals surface area contributed by atoms with Crippen LogP contribution in [0.3, 0.4) is 0 Å². The van der Waals surface area contributed by atoms with E-state index < -0.39 is 0 Å². The van der Waals surface area contributed by atoms with Gasteiger partial charge < -0.3 is 9.67 Å². The SMILES string of the molecule is Cc1ccc(-c2ncnc3c2ncn3C[C@H]2C[C@@H](CO)c3ccccc32)cc1. The van der Waals surface area contributed by atoms with Gasteiger partial charge >= 0.3 is 0 Å². The Hall–Kier alpha value is -3.05. The highest BCUT2D eigenvalue weighted by Crippen LogP contribution is 2.42. The van der Waals surface area contributed by atoms with Crippen molar-refractivity contribution in [3.05, 3.63) is 77.9 Å². The first-order valence-electron chi connectivity index (χ1n) is 9.67. The van der Waals surface area contributed by atoms with E-state index in [9.17, 15) is 5.11 Å². The zero-order valence-electron chi connectivity index (χ0n) is 15.8. The molecule has 0 unspecified atom stereocenters. The van der Waals surface area contributed by atoms with Crippen molar-refractivity contribution in [1.29, 1.82) is 0 Å². The number of hydrogen-bond donors (Lipinski definition) is 1. The van der Waals surface area contributed by atoms with Gasteiger partial charge in [0.25, 0.3) is 0 Å². The largest absolute Gasteiger partial charge is 0.396 e. The molecule has 5 nitrogen and oxygen atoms in total. The fraction of sp³-hybridized carbons (Fsp3) is 0.261. The smallest absolute Gasteiger partial charge is 0.163 e. The van der Waals surface area contributed by atoms with Crippen LogP contribution >= 0.6 is 0 Å². The molecule has 0 saturated carbocycles. The van der Waals surface area contributed by atoms with Crippen molar-refractivity contribution in [3.63, 3.8) is 0 Å². The molecule has 0 amide bonds. The fourth-order valence-electron chi connectivity index (χ4n) is 4.37. The Bertz CT molecular complexity index is 1130. The predicted molar refractivity (Wildman–Crippen MR) is 109 cm³/mol. The topological polar surface area (TPSA) is 63.8 Å². The molecule has 2 atom stereocenters. The average Bonchev–Trinajstić information content (AvgIpc) is 3.31. The molecular formula is C23H22N4O. The van der Waals surface area contributed by atoms with Gasteiger partial charge in [-0.3, -0.25) is 0 Å². The van der Waals surface area contributed by atoms with Crippen molar-refractivity contribution in [1.82, 2.24) is 19.5 Å². The van der Waals surface area contributed by atoms with Crippen LogP contribution in [0, 0.1) is 6.92 Å². The maximum Gasteiger partial charge on any atom is 0.163 e. The highest BCUT2D eigenvalue weighted by atomic mass is 16.3. The number of imidazole rings is 1. The number of rotatable bonds is 4. The van der Waals surface area contributed by atoms with Gasteiger partial charge in [0.05, 0.1) is 6.33 Å². The number of nitrogens with zero attached hydrogens (tertiary/aromatic N) is 4. The minimum atomic E-state index is 0.192. The maximum atomic E-state index is 9.77. The lowest BCUT2D eigenvalue weighted by atomic mass is 10.0. The van der Waals surface area contributed by atoms with E-state index in [1.54, 1.807) is 6.33 Å². The summed E-state index contributed by atoms with van der Waals surface area (Å²) < 4.78 is 2.12. The van der Waals surface area contributed by atoms with E-state index in [1.807, 2.05) is 6.33 Å². The summed E-state index contributed by atoms with van der Waals surface area (Å²) in [6.07, 6.45) is 4.44. The molecule has 4 aromatic rings. The quantitative estimate of drug-likeness (QED) is 0.588. The molecule has 2 aromatic heterocycles. The molecule has 0 saturated heterocycles. The Balaban J connectivity index is 1.52. The number of benzene rings is 2. The highest BCUT2D eigenvalue weighted by Gasteiger charge is 2.30. The maximum absolute atomic E-state index is 9.77. The molecule has 2 heterocycles. The average molecular weight is 370 g/mol. The van der Waals surface area contributed by atoms with Crippen LogP contribution in [0.4, 0.5) is 0 Å². The normalized spacial score (nSPS) is 18.5. The van der Waals surface area contributed by atoms with Crippen LogP contribution < -0.4 is 0 Å². The Morgan fingerprint density at radius 1 is 0.964 bits per heavy atom. The third-order valence-electron chi connectivity index (χ3n) is 5.81. The van der Waals surface area contributed by atoms with Crippen LogP contribution in [0.15, 0.2) is 61.2 Å². The van der Waals surface area contributed by atoms with Gasteiger partial charge in [0.2, 0.25) is 0 Å². The van der Waals surface area contributed by atoms with E-state index in [1.165, 1.54) is 16.7 Å². The summed E-state index contributed by atoms with van der Waals surface area (Å²) in [5.41, 5.74) is 7.42. The minimum Gasteiger partial charge on any atom is -0.396 e. The number of aromatic nitrogens is 4. The second-order valence-corrected chi connectivity index (χ2v) is 7.60. The van der Waals surface area contributed by atoms with Gasteiger partial charge in [0.15, 0.2) is 5.65 Å². The number of aliphatic hydroxyl groups is 1. The third kappa shape index (κ3) is 2.79. The second kappa shape index (κ2) is 6.84. The number of aryl methyl sites for hydroxylation is 1. The summed E-state index contributed by atoms with van der Waals surface area (Å²) in [4.78, 5) is 13.7. The summed E-state index contributed by atoms with van der Waals surface area (Å²) in [5, 5.41) is 9.77. The van der Waals surface area contributed by atoms with Gasteiger partial charge in [-0.15, -0.1) is 0 Å². The Morgan fingerprint density at radius 3 is 2.46 bits per heavy atom. The molecule has 0 aliphatic heterocycles. The molecule has 0 bridgehead atoms. The molecule has 140 valence electrons. The van der Waals surface area contributed by atoms with Gasteiger partial charge in [-0.2, -0.15) is 0 Å². The second-order valence-electron chi connectivity index (χ2n) is 7.60. The lowest BCUT2D eigenvalue weighted by Gasteiger charge is -2.13. The fourth-order valence-corrected chi connectivity index (χ4v) is 4.37. The van der Waals surface area contributed by atoms with Crippen LogP contribution in [-0.2, 0) is 6.54 Å². The molecule has 1 aliphatic rings. The molecule has 0 spiro atoms. The molecular weight excluding hydrogens is 348 g/mol. The van der Waals surface area contributed by atoms with Crippen LogP contribution in [-0.4, -0.2) is 31.2 Å². The molecule has 1 N–H and O–H groups in total. The Labute approximate surface area is 163 Å². The van der Waals surface area contributed by atoms with E-state index in [2.05, 4.69) is 75.0 Å². The van der Waals surface area contributed by atoms with Crippen LogP contribution in [0.2, 0.25) is 0 Å². The van der Waals surface area contributed by atoms with Crippen molar-refractivity contribution in [3.8, 4) is 11.3 Å². The van der Waals surface area contributed by atoms with Crippen molar-refractivity contribution < 1.29 is 5.11 Å². The van der Waals surface area contributed by atoms with E-state index in [0.29, 0.717) is 5.92 Å². The number of fused-ring (bicyclic) bond motifs is 2. The zero-order chi connectivity index (χ0) is 19.1. The molecule has 28 heavy (non-hydrogen) atoms. The molecule has 2 aromatic carbocycles. The molecule has 0 fully saturated rings. The molecule has 0 radical (unpaired) electrons. The summed E-state index contributed by atoms with van der Waals surface area (Å²) in [5.74, 6) is 0.567. The predicted octanol–water partition coefficient (Wildman–Crippen LogP) is 4.07. The summed E-state index contributed by atoms with van der Waals surface area (Å²) >= 11 is 0. The third-order valence-corrected chi connectivity index (χ3v) is 5.81. The molecule has 5 heteroatoms. The monoisotopic (exact) mass is 370 g/mol. The van der Waals surface area contributed by atoms with Crippen molar-refractivity contribution >= 4 is 11.2 Å². The number of hydrogen-bond acceptors (Lipinski definition) is 4. The van der Waals surface area contributed by atoms with Crippen LogP contribution in [0.1, 0.15) is 34.9 Å². The van der Waals surface area contributed by atoms with E-state index in [-0.39, 0.29) is 12.5 Å². The van der Waals surface area contributed by atoms with Gasteiger partial charge in [0.1, 0.15) is 17.5 Å². The van der Waals surface area contributed by atoms with Crippen LogP contribution in [0.25, 0.3) is 22.4 Å². The van der Waals surface area contributed by atoms with E-state index in [4.69, 9.17) is 0 Å². The van der Waals surface area contributed by atoms with Crippen molar-refractivity contribution in [2.24, 2.45) is 0 Å². The lowest BCUT2D eigenvalue weighted by molar-refractivity contribution is 0.259. The summed E-state index contributed by atoms with van der Waals surface area (Å²) in [7, 11) is 0. The van der Waals surface area contributed by atoms with Gasteiger partial charge in [-0.1, -0.05) is 54.1 Å². The van der Waals surface area contributed by atoms with Crippen molar-refractivity contribution in [2.75, 3.05) is 6.61 Å². The first-order valence-corrected chi connectivity index (χ1v) is 9.67. The lowest BCUT2D eigenvalue weighted by Crippen LogP contribution is -2.07. The van der Waals surface area contributed by atoms with Gasteiger partial charge in [-0.05, 0) is 24.5 Å². The first-order chi connectivity index (χ1) is 13.7.